The van der Waals surface area contributed by atoms with Gasteiger partial charge in [-0.2, -0.15) is 0 Å². The number of nitrogens with zero attached hydrogens (tertiary/aromatic N) is 1. The van der Waals surface area contributed by atoms with Crippen molar-refractivity contribution >= 4 is 11.9 Å². The second-order valence-corrected chi connectivity index (χ2v) is 6.93. The monoisotopic (exact) mass is 284 g/mol. The van der Waals surface area contributed by atoms with Gasteiger partial charge in [0.15, 0.2) is 0 Å². The van der Waals surface area contributed by atoms with Gasteiger partial charge in [-0.1, -0.05) is 13.8 Å². The van der Waals surface area contributed by atoms with Crippen LogP contribution in [0.1, 0.15) is 48.0 Å². The molecular formula is C15H28N2O3. The molecule has 1 aliphatic rings. The Morgan fingerprint density at radius 2 is 1.90 bits per heavy atom. The fourth-order valence-corrected chi connectivity index (χ4v) is 2.78. The van der Waals surface area contributed by atoms with E-state index in [1.165, 1.54) is 0 Å². The van der Waals surface area contributed by atoms with Crippen LogP contribution < -0.4 is 5.32 Å². The molecule has 1 fully saturated rings. The number of ether oxygens (including phenoxy) is 1. The van der Waals surface area contributed by atoms with Crippen molar-refractivity contribution in [2.75, 3.05) is 13.1 Å². The standard InChI is InChI=1S/C15H28N2O3/c1-10(2)13(11(3)18)17-8-7-12(9-17)16-14(19)20-15(4,5)6/h10,12-13H,7-9H2,1-6H3,(H,16,19)/t12-,13-/m0/s1. The Labute approximate surface area is 122 Å². The van der Waals surface area contributed by atoms with Gasteiger partial charge in [-0.15, -0.1) is 0 Å². The molecule has 5 heteroatoms. The summed E-state index contributed by atoms with van der Waals surface area (Å²) in [4.78, 5) is 25.6. The second-order valence-electron chi connectivity index (χ2n) is 6.93. The summed E-state index contributed by atoms with van der Waals surface area (Å²) in [6.07, 6.45) is 0.476. The van der Waals surface area contributed by atoms with Crippen molar-refractivity contribution in [2.45, 2.75) is 65.6 Å². The lowest BCUT2D eigenvalue weighted by atomic mass is 9.99. The Morgan fingerprint density at radius 1 is 1.30 bits per heavy atom. The minimum Gasteiger partial charge on any atom is -0.444 e. The average molecular weight is 284 g/mol. The largest absolute Gasteiger partial charge is 0.444 e. The van der Waals surface area contributed by atoms with E-state index in [4.69, 9.17) is 4.74 Å². The van der Waals surface area contributed by atoms with Crippen LogP contribution in [0.5, 0.6) is 0 Å². The van der Waals surface area contributed by atoms with Gasteiger partial charge >= 0.3 is 6.09 Å². The molecule has 5 nitrogen and oxygen atoms in total. The Balaban J connectivity index is 2.51. The summed E-state index contributed by atoms with van der Waals surface area (Å²) in [6, 6.07) is 0.00545. The summed E-state index contributed by atoms with van der Waals surface area (Å²) >= 11 is 0. The molecular weight excluding hydrogens is 256 g/mol. The Morgan fingerprint density at radius 3 is 2.35 bits per heavy atom. The summed E-state index contributed by atoms with van der Waals surface area (Å²) < 4.78 is 5.25. The van der Waals surface area contributed by atoms with Crippen molar-refractivity contribution in [3.63, 3.8) is 0 Å². The highest BCUT2D eigenvalue weighted by molar-refractivity contribution is 5.81. The van der Waals surface area contributed by atoms with E-state index >= 15 is 0 Å². The smallest absolute Gasteiger partial charge is 0.407 e. The number of amides is 1. The van der Waals surface area contributed by atoms with Gasteiger partial charge in [0.2, 0.25) is 0 Å². The molecule has 0 saturated carbocycles. The van der Waals surface area contributed by atoms with Crippen molar-refractivity contribution in [1.29, 1.82) is 0 Å². The molecule has 0 aromatic carbocycles. The summed E-state index contributed by atoms with van der Waals surface area (Å²) in [5.41, 5.74) is -0.484. The molecule has 0 bridgehead atoms. The lowest BCUT2D eigenvalue weighted by Gasteiger charge is -2.29. The summed E-state index contributed by atoms with van der Waals surface area (Å²) in [5.74, 6) is 0.477. The fraction of sp³-hybridized carbons (Fsp3) is 0.867. The van der Waals surface area contributed by atoms with Crippen molar-refractivity contribution in [2.24, 2.45) is 5.92 Å². The molecule has 0 aromatic heterocycles. The number of Topliss-reactive ketones (excluding diaryl/α,β-unsaturated/α-hetero) is 1. The van der Waals surface area contributed by atoms with Crippen LogP contribution in [-0.2, 0) is 9.53 Å². The van der Waals surface area contributed by atoms with Crippen LogP contribution in [-0.4, -0.2) is 47.6 Å². The number of likely N-dealkylation sites (tertiary alicyclic amines) is 1. The number of nitrogens with one attached hydrogen (secondary N) is 1. The zero-order valence-corrected chi connectivity index (χ0v) is 13.5. The van der Waals surface area contributed by atoms with Crippen LogP contribution in [0, 0.1) is 5.92 Å². The van der Waals surface area contributed by atoms with E-state index in [1.807, 2.05) is 20.8 Å². The molecule has 1 saturated heterocycles. The first kappa shape index (κ1) is 17.0. The summed E-state index contributed by atoms with van der Waals surface area (Å²) in [6.45, 7) is 12.8. The number of rotatable bonds is 4. The number of carbonyl (C=O) groups is 2. The van der Waals surface area contributed by atoms with Crippen molar-refractivity contribution in [1.82, 2.24) is 10.2 Å². The van der Waals surface area contributed by atoms with Crippen molar-refractivity contribution in [3.8, 4) is 0 Å². The van der Waals surface area contributed by atoms with E-state index in [0.717, 1.165) is 13.0 Å². The molecule has 2 atom stereocenters. The van der Waals surface area contributed by atoms with Crippen LogP contribution in [0.4, 0.5) is 4.79 Å². The van der Waals surface area contributed by atoms with Gasteiger partial charge in [0.25, 0.3) is 0 Å². The van der Waals surface area contributed by atoms with E-state index in [2.05, 4.69) is 24.1 Å². The van der Waals surface area contributed by atoms with Crippen molar-refractivity contribution < 1.29 is 14.3 Å². The maximum Gasteiger partial charge on any atom is 0.407 e. The Bertz CT molecular complexity index is 361. The van der Waals surface area contributed by atoms with Crippen LogP contribution in [0.15, 0.2) is 0 Å². The molecule has 1 aliphatic heterocycles. The predicted octanol–water partition coefficient (Wildman–Crippen LogP) is 2.20. The fourth-order valence-electron chi connectivity index (χ4n) is 2.78. The molecule has 20 heavy (non-hydrogen) atoms. The molecule has 1 N–H and O–H groups in total. The highest BCUT2D eigenvalue weighted by Crippen LogP contribution is 2.19. The first-order valence-electron chi connectivity index (χ1n) is 7.34. The highest BCUT2D eigenvalue weighted by Gasteiger charge is 2.33. The van der Waals surface area contributed by atoms with Gasteiger partial charge in [0, 0.05) is 19.1 Å². The molecule has 0 radical (unpaired) electrons. The SMILES string of the molecule is CC(=O)[C@H](C(C)C)N1CC[C@H](NC(=O)OC(C)(C)C)C1. The minimum atomic E-state index is -0.484. The van der Waals surface area contributed by atoms with Crippen LogP contribution in [0.25, 0.3) is 0 Å². The third-order valence-electron chi connectivity index (χ3n) is 3.38. The summed E-state index contributed by atoms with van der Waals surface area (Å²) in [5, 5.41) is 2.88. The van der Waals surface area contributed by atoms with E-state index in [1.54, 1.807) is 6.92 Å². The Hall–Kier alpha value is -1.10. The van der Waals surface area contributed by atoms with Gasteiger partial charge in [-0.05, 0) is 40.0 Å². The molecule has 1 rings (SSSR count). The van der Waals surface area contributed by atoms with Gasteiger partial charge in [0.1, 0.15) is 11.4 Å². The maximum atomic E-state index is 11.7. The van der Waals surface area contributed by atoms with E-state index < -0.39 is 5.60 Å². The molecule has 1 amide bonds. The average Bonchev–Trinajstić information content (AvgIpc) is 2.61. The third kappa shape index (κ3) is 5.12. The molecule has 0 aromatic rings. The number of ketones is 1. The quantitative estimate of drug-likeness (QED) is 0.860. The minimum absolute atomic E-state index is 0.0552. The van der Waals surface area contributed by atoms with E-state index in [-0.39, 0.29) is 29.9 Å². The van der Waals surface area contributed by atoms with Crippen LogP contribution in [0.3, 0.4) is 0 Å². The highest BCUT2D eigenvalue weighted by atomic mass is 16.6. The zero-order valence-electron chi connectivity index (χ0n) is 13.5. The molecule has 116 valence electrons. The second kappa shape index (κ2) is 6.57. The molecule has 1 heterocycles. The lowest BCUT2D eigenvalue weighted by molar-refractivity contribution is -0.123. The van der Waals surface area contributed by atoms with Gasteiger partial charge in [-0.3, -0.25) is 9.69 Å². The first-order valence-corrected chi connectivity index (χ1v) is 7.34. The van der Waals surface area contributed by atoms with E-state index in [9.17, 15) is 9.59 Å². The number of carbonyl (C=O) groups excluding carboxylic acids is 2. The number of alkyl carbamates (subject to hydrolysis) is 1. The third-order valence-corrected chi connectivity index (χ3v) is 3.38. The van der Waals surface area contributed by atoms with Crippen LogP contribution in [0.2, 0.25) is 0 Å². The molecule has 0 aliphatic carbocycles. The van der Waals surface area contributed by atoms with Crippen LogP contribution >= 0.6 is 0 Å². The number of hydrogen-bond acceptors (Lipinski definition) is 4. The summed E-state index contributed by atoms with van der Waals surface area (Å²) in [7, 11) is 0. The molecule has 0 unspecified atom stereocenters. The maximum absolute atomic E-state index is 11.7. The zero-order chi connectivity index (χ0) is 15.5. The first-order chi connectivity index (χ1) is 9.10. The van der Waals surface area contributed by atoms with Gasteiger partial charge in [-0.25, -0.2) is 4.79 Å². The lowest BCUT2D eigenvalue weighted by Crippen LogP contribution is -2.45. The molecule has 0 spiro atoms. The van der Waals surface area contributed by atoms with Gasteiger partial charge in [0.05, 0.1) is 6.04 Å². The Kier molecular flexibility index (Phi) is 5.57. The topological polar surface area (TPSA) is 58.6 Å². The number of hydrogen-bond donors (Lipinski definition) is 1. The van der Waals surface area contributed by atoms with E-state index in [0.29, 0.717) is 6.54 Å². The van der Waals surface area contributed by atoms with Gasteiger partial charge < -0.3 is 10.1 Å². The predicted molar refractivity (Wildman–Crippen MR) is 78.7 cm³/mol. The van der Waals surface area contributed by atoms with Crippen molar-refractivity contribution in [3.05, 3.63) is 0 Å². The normalized spacial score (nSPS) is 21.9.